The van der Waals surface area contributed by atoms with E-state index in [2.05, 4.69) is 0 Å². The van der Waals surface area contributed by atoms with Crippen molar-refractivity contribution in [3.8, 4) is 12.1 Å². The summed E-state index contributed by atoms with van der Waals surface area (Å²) in [4.78, 5) is 23.9. The molecule has 112 valence electrons. The first kappa shape index (κ1) is 15.7. The third-order valence-corrected chi connectivity index (χ3v) is 3.94. The summed E-state index contributed by atoms with van der Waals surface area (Å²) in [5.41, 5.74) is 1.14. The summed E-state index contributed by atoms with van der Waals surface area (Å²) in [7, 11) is 0. The number of Topliss-reactive ketones (excluding diaryl/α,β-unsaturated/α-hetero) is 1. The maximum atomic E-state index is 12.3. The van der Waals surface area contributed by atoms with Crippen LogP contribution in [0.5, 0.6) is 0 Å². The minimum atomic E-state index is -0.564. The van der Waals surface area contributed by atoms with Crippen LogP contribution >= 0.6 is 0 Å². The fourth-order valence-electron chi connectivity index (χ4n) is 2.91. The highest BCUT2D eigenvalue weighted by atomic mass is 16.5. The number of nitrogens with zero attached hydrogens (tertiary/aromatic N) is 2. The van der Waals surface area contributed by atoms with Gasteiger partial charge in [0.05, 0.1) is 23.7 Å². The molecule has 0 spiro atoms. The number of nitriles is 2. The monoisotopic (exact) mass is 296 g/mol. The molecule has 0 radical (unpaired) electrons. The molecule has 1 aromatic carbocycles. The first-order valence-corrected chi connectivity index (χ1v) is 7.23. The molecule has 1 aliphatic carbocycles. The Morgan fingerprint density at radius 3 is 2.64 bits per heavy atom. The van der Waals surface area contributed by atoms with Gasteiger partial charge in [0.15, 0.2) is 0 Å². The zero-order valence-electron chi connectivity index (χ0n) is 12.3. The molecule has 22 heavy (non-hydrogen) atoms. The standard InChI is InChI=1S/C17H16N2O3/c1-2-22-17(21)16(12-5-6-15(20)8-12)11-3-4-13(9-18)14(7-11)10-19/h3-4,7,12,16H,2,5-6,8H2,1H3. The number of hydrogen-bond acceptors (Lipinski definition) is 5. The van der Waals surface area contributed by atoms with E-state index in [0.717, 1.165) is 0 Å². The maximum absolute atomic E-state index is 12.3. The summed E-state index contributed by atoms with van der Waals surface area (Å²) in [6, 6.07) is 8.69. The van der Waals surface area contributed by atoms with Crippen LogP contribution in [-0.2, 0) is 14.3 Å². The van der Waals surface area contributed by atoms with Crippen molar-refractivity contribution in [2.75, 3.05) is 6.61 Å². The van der Waals surface area contributed by atoms with Crippen LogP contribution in [0.1, 0.15) is 48.8 Å². The SMILES string of the molecule is CCOC(=O)C(c1ccc(C#N)c(C#N)c1)C1CCC(=O)C1. The Kier molecular flexibility index (Phi) is 4.91. The highest BCUT2D eigenvalue weighted by molar-refractivity contribution is 5.84. The van der Waals surface area contributed by atoms with Gasteiger partial charge in [0.1, 0.15) is 17.9 Å². The molecule has 5 heteroatoms. The van der Waals surface area contributed by atoms with Gasteiger partial charge in [-0.1, -0.05) is 6.07 Å². The second-order valence-corrected chi connectivity index (χ2v) is 5.30. The molecule has 2 unspecified atom stereocenters. The van der Waals surface area contributed by atoms with E-state index in [1.54, 1.807) is 19.1 Å². The molecule has 1 aliphatic rings. The fourth-order valence-corrected chi connectivity index (χ4v) is 2.91. The Morgan fingerprint density at radius 1 is 1.36 bits per heavy atom. The number of rotatable bonds is 4. The molecule has 0 aromatic heterocycles. The molecule has 0 aliphatic heterocycles. The number of carbonyl (C=O) groups is 2. The number of esters is 1. The first-order valence-electron chi connectivity index (χ1n) is 7.23. The van der Waals surface area contributed by atoms with E-state index in [1.165, 1.54) is 6.07 Å². The predicted octanol–water partition coefficient (Wildman–Crippen LogP) is 2.45. The Hall–Kier alpha value is -2.66. The lowest BCUT2D eigenvalue weighted by Crippen LogP contribution is -2.23. The van der Waals surface area contributed by atoms with Gasteiger partial charge < -0.3 is 4.74 Å². The molecular weight excluding hydrogens is 280 g/mol. The predicted molar refractivity (Wildman–Crippen MR) is 77.6 cm³/mol. The van der Waals surface area contributed by atoms with E-state index in [-0.39, 0.29) is 35.4 Å². The van der Waals surface area contributed by atoms with Crippen LogP contribution in [0.15, 0.2) is 18.2 Å². The Morgan fingerprint density at radius 2 is 2.09 bits per heavy atom. The average molecular weight is 296 g/mol. The maximum Gasteiger partial charge on any atom is 0.313 e. The highest BCUT2D eigenvalue weighted by Crippen LogP contribution is 2.37. The van der Waals surface area contributed by atoms with E-state index in [9.17, 15) is 9.59 Å². The van der Waals surface area contributed by atoms with Crippen molar-refractivity contribution in [2.24, 2.45) is 5.92 Å². The van der Waals surface area contributed by atoms with Crippen molar-refractivity contribution in [3.05, 3.63) is 34.9 Å². The molecular formula is C17H16N2O3. The number of hydrogen-bond donors (Lipinski definition) is 0. The van der Waals surface area contributed by atoms with Gasteiger partial charge in [-0.3, -0.25) is 9.59 Å². The third kappa shape index (κ3) is 3.15. The minimum absolute atomic E-state index is 0.106. The number of benzene rings is 1. The van der Waals surface area contributed by atoms with E-state index in [1.807, 2.05) is 12.1 Å². The Labute approximate surface area is 129 Å². The van der Waals surface area contributed by atoms with Gasteiger partial charge in [-0.2, -0.15) is 10.5 Å². The molecule has 2 rings (SSSR count). The summed E-state index contributed by atoms with van der Waals surface area (Å²) in [5, 5.41) is 18.1. The van der Waals surface area contributed by atoms with Crippen molar-refractivity contribution in [1.82, 2.24) is 0 Å². The highest BCUT2D eigenvalue weighted by Gasteiger charge is 2.36. The zero-order chi connectivity index (χ0) is 16.1. The number of ketones is 1. The van der Waals surface area contributed by atoms with Crippen LogP contribution in [0.25, 0.3) is 0 Å². The molecule has 5 nitrogen and oxygen atoms in total. The second kappa shape index (κ2) is 6.87. The quantitative estimate of drug-likeness (QED) is 0.796. The molecule has 2 atom stereocenters. The summed E-state index contributed by atoms with van der Waals surface area (Å²) in [5.74, 6) is -0.901. The molecule has 0 saturated heterocycles. The summed E-state index contributed by atoms with van der Waals surface area (Å²) in [6.07, 6.45) is 1.47. The summed E-state index contributed by atoms with van der Waals surface area (Å²) >= 11 is 0. The van der Waals surface area contributed by atoms with Gasteiger partial charge in [0.2, 0.25) is 0 Å². The van der Waals surface area contributed by atoms with Crippen LogP contribution in [-0.4, -0.2) is 18.4 Å². The van der Waals surface area contributed by atoms with Gasteiger partial charge in [-0.25, -0.2) is 0 Å². The van der Waals surface area contributed by atoms with E-state index < -0.39 is 5.92 Å². The fraction of sp³-hybridized carbons (Fsp3) is 0.412. The molecule has 1 saturated carbocycles. The van der Waals surface area contributed by atoms with Crippen molar-refractivity contribution in [2.45, 2.75) is 32.1 Å². The van der Waals surface area contributed by atoms with Gasteiger partial charge in [0.25, 0.3) is 0 Å². The number of ether oxygens (including phenoxy) is 1. The van der Waals surface area contributed by atoms with Crippen LogP contribution in [0, 0.1) is 28.6 Å². The third-order valence-electron chi connectivity index (χ3n) is 3.94. The lowest BCUT2D eigenvalue weighted by molar-refractivity contribution is -0.146. The molecule has 1 fully saturated rings. The lowest BCUT2D eigenvalue weighted by atomic mass is 9.83. The van der Waals surface area contributed by atoms with Crippen LogP contribution in [0.3, 0.4) is 0 Å². The van der Waals surface area contributed by atoms with Crippen molar-refractivity contribution < 1.29 is 14.3 Å². The Bertz CT molecular complexity index is 682. The van der Waals surface area contributed by atoms with E-state index in [4.69, 9.17) is 15.3 Å². The summed E-state index contributed by atoms with van der Waals surface area (Å²) < 4.78 is 5.14. The largest absolute Gasteiger partial charge is 0.466 e. The average Bonchev–Trinajstić information content (AvgIpc) is 2.93. The van der Waals surface area contributed by atoms with E-state index >= 15 is 0 Å². The zero-order valence-corrected chi connectivity index (χ0v) is 12.3. The molecule has 0 N–H and O–H groups in total. The molecule has 1 aromatic rings. The molecule has 0 heterocycles. The topological polar surface area (TPSA) is 90.9 Å². The molecule has 0 amide bonds. The second-order valence-electron chi connectivity index (χ2n) is 5.30. The Balaban J connectivity index is 2.41. The smallest absolute Gasteiger partial charge is 0.313 e. The lowest BCUT2D eigenvalue weighted by Gasteiger charge is -2.21. The summed E-state index contributed by atoms with van der Waals surface area (Å²) in [6.45, 7) is 1.99. The van der Waals surface area contributed by atoms with Gasteiger partial charge in [-0.05, 0) is 37.0 Å². The normalized spacial score (nSPS) is 18.3. The van der Waals surface area contributed by atoms with Crippen LogP contribution in [0.4, 0.5) is 0 Å². The molecule has 0 bridgehead atoms. The minimum Gasteiger partial charge on any atom is -0.466 e. The van der Waals surface area contributed by atoms with Crippen LogP contribution < -0.4 is 0 Å². The van der Waals surface area contributed by atoms with Gasteiger partial charge in [0, 0.05) is 12.8 Å². The van der Waals surface area contributed by atoms with E-state index in [0.29, 0.717) is 24.8 Å². The van der Waals surface area contributed by atoms with Crippen molar-refractivity contribution >= 4 is 11.8 Å². The number of carbonyl (C=O) groups excluding carboxylic acids is 2. The van der Waals surface area contributed by atoms with Crippen molar-refractivity contribution in [1.29, 1.82) is 10.5 Å². The van der Waals surface area contributed by atoms with Gasteiger partial charge in [-0.15, -0.1) is 0 Å². The van der Waals surface area contributed by atoms with Gasteiger partial charge >= 0.3 is 5.97 Å². The first-order chi connectivity index (χ1) is 10.6. The van der Waals surface area contributed by atoms with Crippen molar-refractivity contribution in [3.63, 3.8) is 0 Å². The van der Waals surface area contributed by atoms with Crippen LogP contribution in [0.2, 0.25) is 0 Å².